The second-order valence-corrected chi connectivity index (χ2v) is 4.70. The van der Waals surface area contributed by atoms with Crippen molar-refractivity contribution in [3.05, 3.63) is 46.6 Å². The Kier molecular flexibility index (Phi) is 4.12. The molecule has 0 spiro atoms. The van der Waals surface area contributed by atoms with E-state index in [1.54, 1.807) is 0 Å². The van der Waals surface area contributed by atoms with E-state index in [1.165, 1.54) is 11.1 Å². The van der Waals surface area contributed by atoms with Gasteiger partial charge in [0.2, 0.25) is 5.88 Å². The molecule has 19 heavy (non-hydrogen) atoms. The minimum atomic E-state index is 0.521. The lowest BCUT2D eigenvalue weighted by Crippen LogP contribution is -2.07. The normalized spacial score (nSPS) is 10.5. The Morgan fingerprint density at radius 3 is 2.53 bits per heavy atom. The maximum Gasteiger partial charge on any atom is 0.238 e. The van der Waals surface area contributed by atoms with E-state index in [2.05, 4.69) is 35.4 Å². The summed E-state index contributed by atoms with van der Waals surface area (Å²) in [4.78, 5) is 0. The SMILES string of the molecule is CNCc1ccc(Oc2cc(C)cc(C)c2C)nn1. The van der Waals surface area contributed by atoms with Crippen molar-refractivity contribution >= 4 is 0 Å². The molecule has 1 N–H and O–H groups in total. The minimum Gasteiger partial charge on any atom is -0.437 e. The van der Waals surface area contributed by atoms with Crippen molar-refractivity contribution < 1.29 is 4.74 Å². The van der Waals surface area contributed by atoms with Crippen molar-refractivity contribution in [1.29, 1.82) is 0 Å². The van der Waals surface area contributed by atoms with Crippen LogP contribution in [0.25, 0.3) is 0 Å². The standard InChI is InChI=1S/C15H19N3O/c1-10-7-11(2)12(3)14(8-10)19-15-6-5-13(9-16-4)17-18-15/h5-8,16H,9H2,1-4H3. The molecular formula is C15H19N3O. The highest BCUT2D eigenvalue weighted by Crippen LogP contribution is 2.27. The van der Waals surface area contributed by atoms with Gasteiger partial charge in [-0.05, 0) is 56.6 Å². The van der Waals surface area contributed by atoms with Crippen molar-refractivity contribution in [3.63, 3.8) is 0 Å². The molecule has 4 heteroatoms. The van der Waals surface area contributed by atoms with E-state index in [1.807, 2.05) is 32.2 Å². The van der Waals surface area contributed by atoms with Crippen LogP contribution in [-0.2, 0) is 6.54 Å². The van der Waals surface area contributed by atoms with Crippen LogP contribution in [0.2, 0.25) is 0 Å². The molecule has 0 amide bonds. The fourth-order valence-electron chi connectivity index (χ4n) is 1.90. The topological polar surface area (TPSA) is 47.0 Å². The molecule has 0 fully saturated rings. The van der Waals surface area contributed by atoms with Gasteiger partial charge >= 0.3 is 0 Å². The second-order valence-electron chi connectivity index (χ2n) is 4.70. The molecule has 0 unspecified atom stereocenters. The fraction of sp³-hybridized carbons (Fsp3) is 0.333. The Labute approximate surface area is 113 Å². The monoisotopic (exact) mass is 257 g/mol. The Morgan fingerprint density at radius 1 is 1.11 bits per heavy atom. The summed E-state index contributed by atoms with van der Waals surface area (Å²) >= 11 is 0. The summed E-state index contributed by atoms with van der Waals surface area (Å²) in [5.74, 6) is 1.36. The molecule has 1 heterocycles. The van der Waals surface area contributed by atoms with E-state index in [-0.39, 0.29) is 0 Å². The highest BCUT2D eigenvalue weighted by molar-refractivity contribution is 5.43. The number of rotatable bonds is 4. The lowest BCUT2D eigenvalue weighted by atomic mass is 10.1. The second kappa shape index (κ2) is 5.80. The van der Waals surface area contributed by atoms with Crippen molar-refractivity contribution in [3.8, 4) is 11.6 Å². The predicted octanol–water partition coefficient (Wildman–Crippen LogP) is 2.91. The number of aromatic nitrogens is 2. The molecule has 0 radical (unpaired) electrons. The van der Waals surface area contributed by atoms with Crippen LogP contribution in [0.1, 0.15) is 22.4 Å². The first kappa shape index (κ1) is 13.5. The summed E-state index contributed by atoms with van der Waals surface area (Å²) in [6.07, 6.45) is 0. The maximum atomic E-state index is 5.81. The number of hydrogen-bond donors (Lipinski definition) is 1. The minimum absolute atomic E-state index is 0.521. The van der Waals surface area contributed by atoms with Crippen molar-refractivity contribution in [2.24, 2.45) is 0 Å². The van der Waals surface area contributed by atoms with E-state index < -0.39 is 0 Å². The summed E-state index contributed by atoms with van der Waals surface area (Å²) in [7, 11) is 1.88. The van der Waals surface area contributed by atoms with Crippen LogP contribution in [-0.4, -0.2) is 17.2 Å². The molecule has 1 aromatic heterocycles. The molecule has 100 valence electrons. The Morgan fingerprint density at radius 2 is 1.89 bits per heavy atom. The van der Waals surface area contributed by atoms with Gasteiger partial charge in [0.15, 0.2) is 0 Å². The quantitative estimate of drug-likeness (QED) is 0.914. The zero-order chi connectivity index (χ0) is 13.8. The van der Waals surface area contributed by atoms with Gasteiger partial charge in [-0.25, -0.2) is 0 Å². The largest absolute Gasteiger partial charge is 0.437 e. The van der Waals surface area contributed by atoms with E-state index in [0.29, 0.717) is 12.4 Å². The van der Waals surface area contributed by atoms with Crippen molar-refractivity contribution in [1.82, 2.24) is 15.5 Å². The molecular weight excluding hydrogens is 238 g/mol. The van der Waals surface area contributed by atoms with Crippen molar-refractivity contribution in [2.75, 3.05) is 7.05 Å². The number of aryl methyl sites for hydroxylation is 2. The van der Waals surface area contributed by atoms with Gasteiger partial charge in [0.25, 0.3) is 0 Å². The summed E-state index contributed by atoms with van der Waals surface area (Å²) in [6.45, 7) is 6.89. The Hall–Kier alpha value is -1.94. The first-order valence-electron chi connectivity index (χ1n) is 6.33. The van der Waals surface area contributed by atoms with Gasteiger partial charge in [-0.1, -0.05) is 6.07 Å². The molecule has 1 aromatic carbocycles. The van der Waals surface area contributed by atoms with Crippen LogP contribution >= 0.6 is 0 Å². The third-order valence-corrected chi connectivity index (χ3v) is 3.03. The Bertz CT molecular complexity index is 564. The molecule has 0 aliphatic carbocycles. The average Bonchev–Trinajstić information content (AvgIpc) is 2.38. The lowest BCUT2D eigenvalue weighted by molar-refractivity contribution is 0.449. The van der Waals surface area contributed by atoms with Gasteiger partial charge in [-0.2, -0.15) is 5.10 Å². The van der Waals surface area contributed by atoms with Gasteiger partial charge < -0.3 is 10.1 Å². The average molecular weight is 257 g/mol. The molecule has 0 aliphatic heterocycles. The van der Waals surface area contributed by atoms with E-state index in [0.717, 1.165) is 17.0 Å². The molecule has 4 nitrogen and oxygen atoms in total. The van der Waals surface area contributed by atoms with Gasteiger partial charge in [0.1, 0.15) is 5.75 Å². The molecule has 2 rings (SSSR count). The third-order valence-electron chi connectivity index (χ3n) is 3.03. The van der Waals surface area contributed by atoms with E-state index >= 15 is 0 Å². The molecule has 2 aromatic rings. The number of hydrogen-bond acceptors (Lipinski definition) is 4. The lowest BCUT2D eigenvalue weighted by Gasteiger charge is -2.11. The van der Waals surface area contributed by atoms with Crippen LogP contribution in [0.4, 0.5) is 0 Å². The summed E-state index contributed by atoms with van der Waals surface area (Å²) < 4.78 is 5.81. The number of ether oxygens (including phenoxy) is 1. The fourth-order valence-corrected chi connectivity index (χ4v) is 1.90. The molecule has 0 bridgehead atoms. The summed E-state index contributed by atoms with van der Waals surface area (Å²) in [5, 5.41) is 11.2. The number of benzene rings is 1. The smallest absolute Gasteiger partial charge is 0.238 e. The zero-order valence-electron chi connectivity index (χ0n) is 11.8. The molecule has 0 atom stereocenters. The summed E-state index contributed by atoms with van der Waals surface area (Å²) in [6, 6.07) is 7.92. The van der Waals surface area contributed by atoms with Crippen molar-refractivity contribution in [2.45, 2.75) is 27.3 Å². The van der Waals surface area contributed by atoms with Crippen LogP contribution in [0.5, 0.6) is 11.6 Å². The number of nitrogens with zero attached hydrogens (tertiary/aromatic N) is 2. The van der Waals surface area contributed by atoms with Crippen LogP contribution in [0, 0.1) is 20.8 Å². The third kappa shape index (κ3) is 3.29. The highest BCUT2D eigenvalue weighted by atomic mass is 16.5. The first-order chi connectivity index (χ1) is 9.10. The van der Waals surface area contributed by atoms with Crippen LogP contribution < -0.4 is 10.1 Å². The number of nitrogens with one attached hydrogen (secondary N) is 1. The van der Waals surface area contributed by atoms with Gasteiger partial charge in [0.05, 0.1) is 5.69 Å². The van der Waals surface area contributed by atoms with Gasteiger partial charge in [-0.3, -0.25) is 0 Å². The van der Waals surface area contributed by atoms with E-state index in [9.17, 15) is 0 Å². The first-order valence-corrected chi connectivity index (χ1v) is 6.33. The molecule has 0 saturated carbocycles. The van der Waals surface area contributed by atoms with Gasteiger partial charge in [-0.15, -0.1) is 5.10 Å². The van der Waals surface area contributed by atoms with Crippen LogP contribution in [0.15, 0.2) is 24.3 Å². The van der Waals surface area contributed by atoms with Crippen LogP contribution in [0.3, 0.4) is 0 Å². The highest BCUT2D eigenvalue weighted by Gasteiger charge is 2.06. The predicted molar refractivity (Wildman–Crippen MR) is 75.5 cm³/mol. The Balaban J connectivity index is 2.21. The molecule has 0 aliphatic rings. The molecule has 0 saturated heterocycles. The summed E-state index contributed by atoms with van der Waals surface area (Å²) in [5.41, 5.74) is 4.42. The van der Waals surface area contributed by atoms with Gasteiger partial charge in [0, 0.05) is 12.6 Å². The zero-order valence-corrected chi connectivity index (χ0v) is 11.8. The maximum absolute atomic E-state index is 5.81. The van der Waals surface area contributed by atoms with E-state index in [4.69, 9.17) is 4.74 Å².